The molecule has 1 aliphatic carbocycles. The third-order valence-corrected chi connectivity index (χ3v) is 13.1. The Morgan fingerprint density at radius 1 is 0.963 bits per heavy atom. The summed E-state index contributed by atoms with van der Waals surface area (Å²) in [6.07, 6.45) is 6.12. The molecule has 0 radical (unpaired) electrons. The molecule has 1 saturated carbocycles. The number of rotatable bonds is 11. The molecule has 2 aromatic carbocycles. The quantitative estimate of drug-likeness (QED) is 0.305. The highest BCUT2D eigenvalue weighted by Gasteiger charge is 2.59. The second-order valence-electron chi connectivity index (χ2n) is 14.4. The summed E-state index contributed by atoms with van der Waals surface area (Å²) < 4.78 is 51.7. The largest absolute Gasteiger partial charge is 0.497 e. The van der Waals surface area contributed by atoms with Crippen LogP contribution in [0, 0.1) is 11.3 Å². The summed E-state index contributed by atoms with van der Waals surface area (Å²) in [6, 6.07) is 14.9. The first kappa shape index (κ1) is 36.0. The van der Waals surface area contributed by atoms with E-state index in [0.717, 1.165) is 39.1 Å². The monoisotopic (exact) mass is 757 g/mol. The first-order chi connectivity index (χ1) is 26.1. The smallest absolute Gasteiger partial charge is 0.318 e. The maximum atomic E-state index is 15.1. The van der Waals surface area contributed by atoms with Crippen LogP contribution in [0.5, 0.6) is 17.4 Å². The topological polar surface area (TPSA) is 167 Å². The Labute approximate surface area is 314 Å². The lowest BCUT2D eigenvalue weighted by Crippen LogP contribution is -2.67. The molecule has 3 aromatic rings. The number of urea groups is 1. The highest BCUT2D eigenvalue weighted by atomic mass is 32.2. The fourth-order valence-corrected chi connectivity index (χ4v) is 9.98. The van der Waals surface area contributed by atoms with Gasteiger partial charge in [-0.25, -0.2) is 18.2 Å². The van der Waals surface area contributed by atoms with Gasteiger partial charge in [-0.3, -0.25) is 14.6 Å². The van der Waals surface area contributed by atoms with Crippen molar-refractivity contribution in [3.05, 3.63) is 71.4 Å². The molecule has 5 aliphatic rings. The third kappa shape index (κ3) is 5.90. The van der Waals surface area contributed by atoms with Gasteiger partial charge in [-0.05, 0) is 68.1 Å². The molecule has 3 amide bonds. The van der Waals surface area contributed by atoms with Crippen molar-refractivity contribution in [2.45, 2.75) is 60.3 Å². The number of aromatic nitrogens is 1. The van der Waals surface area contributed by atoms with Crippen LogP contribution >= 0.6 is 0 Å². The second-order valence-corrected chi connectivity index (χ2v) is 16.1. The number of fused-ring (bicyclic) bond motifs is 1. The van der Waals surface area contributed by atoms with Gasteiger partial charge in [-0.2, -0.15) is 9.57 Å². The summed E-state index contributed by atoms with van der Waals surface area (Å²) in [7, 11) is -0.575. The van der Waals surface area contributed by atoms with Crippen LogP contribution in [0.25, 0.3) is 0 Å². The molecule has 284 valence electrons. The summed E-state index contributed by atoms with van der Waals surface area (Å²) in [6.45, 7) is 4.37. The molecule has 4 aliphatic heterocycles. The molecule has 5 heterocycles. The van der Waals surface area contributed by atoms with E-state index in [-0.39, 0.29) is 44.9 Å². The fourth-order valence-electron chi connectivity index (χ4n) is 8.38. The van der Waals surface area contributed by atoms with Gasteiger partial charge in [-0.15, -0.1) is 0 Å². The summed E-state index contributed by atoms with van der Waals surface area (Å²) in [5, 5.41) is 12.9. The van der Waals surface area contributed by atoms with Crippen molar-refractivity contribution in [1.82, 2.24) is 25.0 Å². The molecule has 16 heteroatoms. The molecule has 8 rings (SSSR count). The molecule has 1 unspecified atom stereocenters. The van der Waals surface area contributed by atoms with Crippen LogP contribution in [0.15, 0.2) is 59.6 Å². The lowest BCUT2D eigenvalue weighted by atomic mass is 9.83. The zero-order valence-corrected chi connectivity index (χ0v) is 31.3. The molecule has 4 fully saturated rings. The van der Waals surface area contributed by atoms with Crippen LogP contribution in [0.2, 0.25) is 0 Å². The molecule has 1 atom stereocenters. The Morgan fingerprint density at radius 2 is 1.70 bits per heavy atom. The number of pyridine rings is 1. The lowest BCUT2D eigenvalue weighted by Gasteiger charge is -2.50. The maximum absolute atomic E-state index is 15.1. The number of nitrogens with zero attached hydrogens (tertiary/aromatic N) is 6. The number of nitriles is 1. The van der Waals surface area contributed by atoms with Crippen molar-refractivity contribution in [2.75, 3.05) is 65.0 Å². The van der Waals surface area contributed by atoms with Crippen LogP contribution in [0.3, 0.4) is 0 Å². The SMILES string of the molecule is COc1ccc(S(=O)(=O)N2C(=O)C(NC(=O)N3CC(N4CCC(N(C5CC5)C5COC5)CC4)C3)(c3cccnc3OC)c3cc(C#N)ccc32)c(OC)c1. The Bertz CT molecular complexity index is 2110. The average molecular weight is 758 g/mol. The van der Waals surface area contributed by atoms with Crippen LogP contribution in [-0.4, -0.2) is 125 Å². The second kappa shape index (κ2) is 14.0. The summed E-state index contributed by atoms with van der Waals surface area (Å²) in [4.78, 5) is 40.3. The highest BCUT2D eigenvalue weighted by Crippen LogP contribution is 2.50. The van der Waals surface area contributed by atoms with Crippen molar-refractivity contribution in [3.8, 4) is 23.4 Å². The zero-order valence-electron chi connectivity index (χ0n) is 30.4. The number of likely N-dealkylation sites (tertiary alicyclic amines) is 2. The Morgan fingerprint density at radius 3 is 2.33 bits per heavy atom. The van der Waals surface area contributed by atoms with Crippen molar-refractivity contribution in [3.63, 3.8) is 0 Å². The standard InChI is InChI=1S/C38H43N7O8S/c1-50-29-9-11-34(33(18-29)51-2)54(48,49)45-32-10-6-24(19-39)17-31(32)38(36(45)46,30-5-4-14-40-35(30)52-3)41-37(47)43-20-27(21-43)42-15-12-26(13-16-42)44(25-7-8-25)28-22-53-23-28/h4-6,9-11,14,17-18,25-28H,7-8,12-13,15-16,20-23H2,1-3H3,(H,41,47). The number of methoxy groups -OCH3 is 3. The van der Waals surface area contributed by atoms with Gasteiger partial charge in [0.25, 0.3) is 15.9 Å². The Balaban J connectivity index is 1.10. The minimum absolute atomic E-state index is 0.00111. The number of hydrogen-bond acceptors (Lipinski definition) is 12. The van der Waals surface area contributed by atoms with E-state index in [0.29, 0.717) is 41.3 Å². The number of hydrogen-bond donors (Lipinski definition) is 1. The Kier molecular flexibility index (Phi) is 9.37. The van der Waals surface area contributed by atoms with Crippen LogP contribution in [0.4, 0.5) is 10.5 Å². The van der Waals surface area contributed by atoms with Gasteiger partial charge in [-0.1, -0.05) is 0 Å². The van der Waals surface area contributed by atoms with Gasteiger partial charge in [0, 0.05) is 62.1 Å². The average Bonchev–Trinajstić information content (AvgIpc) is 3.96. The van der Waals surface area contributed by atoms with Gasteiger partial charge in [0.05, 0.1) is 63.5 Å². The van der Waals surface area contributed by atoms with E-state index < -0.39 is 27.5 Å². The van der Waals surface area contributed by atoms with E-state index in [4.69, 9.17) is 18.9 Å². The van der Waals surface area contributed by atoms with Crippen molar-refractivity contribution in [1.29, 1.82) is 5.26 Å². The number of benzene rings is 2. The maximum Gasteiger partial charge on any atom is 0.318 e. The number of nitrogens with one attached hydrogen (secondary N) is 1. The number of piperidine rings is 1. The van der Waals surface area contributed by atoms with E-state index in [1.54, 1.807) is 17.0 Å². The highest BCUT2D eigenvalue weighted by molar-refractivity contribution is 7.93. The molecule has 0 bridgehead atoms. The molecule has 0 spiro atoms. The summed E-state index contributed by atoms with van der Waals surface area (Å²) in [5.74, 6) is -0.702. The van der Waals surface area contributed by atoms with E-state index >= 15 is 4.79 Å². The predicted octanol–water partition coefficient (Wildman–Crippen LogP) is 2.68. The van der Waals surface area contributed by atoms with E-state index in [2.05, 4.69) is 26.2 Å². The van der Waals surface area contributed by atoms with Gasteiger partial charge in [0.1, 0.15) is 16.4 Å². The van der Waals surface area contributed by atoms with Crippen LogP contribution < -0.4 is 23.8 Å². The third-order valence-electron chi connectivity index (χ3n) is 11.4. The number of carbonyl (C=O) groups excluding carboxylic acids is 2. The molecule has 15 nitrogen and oxygen atoms in total. The van der Waals surface area contributed by atoms with Crippen LogP contribution in [0.1, 0.15) is 42.4 Å². The van der Waals surface area contributed by atoms with Crippen molar-refractivity contribution >= 4 is 27.6 Å². The Hall–Kier alpha value is -4.95. The van der Waals surface area contributed by atoms with Gasteiger partial charge in [0.2, 0.25) is 5.88 Å². The first-order valence-corrected chi connectivity index (χ1v) is 19.6. The molecule has 54 heavy (non-hydrogen) atoms. The molecule has 3 saturated heterocycles. The van der Waals surface area contributed by atoms with Gasteiger partial charge >= 0.3 is 6.03 Å². The zero-order chi connectivity index (χ0) is 37.8. The molecular formula is C38H43N7O8S. The predicted molar refractivity (Wildman–Crippen MR) is 195 cm³/mol. The van der Waals surface area contributed by atoms with Gasteiger partial charge in [0.15, 0.2) is 5.54 Å². The van der Waals surface area contributed by atoms with Crippen LogP contribution in [-0.2, 0) is 25.1 Å². The van der Waals surface area contributed by atoms with Gasteiger partial charge < -0.3 is 29.2 Å². The van der Waals surface area contributed by atoms with Crippen molar-refractivity contribution < 1.29 is 37.0 Å². The first-order valence-electron chi connectivity index (χ1n) is 18.2. The minimum atomic E-state index is -4.70. The lowest BCUT2D eigenvalue weighted by molar-refractivity contribution is -0.121. The van der Waals surface area contributed by atoms with E-state index in [1.807, 2.05) is 0 Å². The number of sulfonamides is 1. The molecular weight excluding hydrogens is 715 g/mol. The molecule has 1 aromatic heterocycles. The number of ether oxygens (including phenoxy) is 4. The number of carbonyl (C=O) groups is 2. The van der Waals surface area contributed by atoms with E-state index in [9.17, 15) is 18.5 Å². The number of amides is 3. The fraction of sp³-hybridized carbons (Fsp3) is 0.474. The summed E-state index contributed by atoms with van der Waals surface area (Å²) >= 11 is 0. The minimum Gasteiger partial charge on any atom is -0.497 e. The summed E-state index contributed by atoms with van der Waals surface area (Å²) in [5.41, 5.74) is -1.84. The number of anilines is 1. The van der Waals surface area contributed by atoms with E-state index in [1.165, 1.54) is 76.8 Å². The molecule has 1 N–H and O–H groups in total. The van der Waals surface area contributed by atoms with Crippen molar-refractivity contribution in [2.24, 2.45) is 0 Å². The normalized spacial score (nSPS) is 22.3.